The zero-order chi connectivity index (χ0) is 15.2. The zero-order valence-electron chi connectivity index (χ0n) is 12.2. The Kier molecular flexibility index (Phi) is 4.60. The number of aromatic nitrogens is 3. The third-order valence-electron chi connectivity index (χ3n) is 2.58. The number of hydrogen-bond acceptors (Lipinski definition) is 8. The Bertz CT molecular complexity index is 577. The largest absolute Gasteiger partial charge is 0.493 e. The van der Waals surface area contributed by atoms with Crippen LogP contribution in [0.1, 0.15) is 0 Å². The number of methoxy groups -OCH3 is 3. The highest BCUT2D eigenvalue weighted by Gasteiger charge is 2.15. The summed E-state index contributed by atoms with van der Waals surface area (Å²) >= 11 is 0. The lowest BCUT2D eigenvalue weighted by molar-refractivity contribution is 0.326. The fourth-order valence-corrected chi connectivity index (χ4v) is 1.60. The van der Waals surface area contributed by atoms with Crippen molar-refractivity contribution in [2.45, 2.75) is 0 Å². The van der Waals surface area contributed by atoms with E-state index in [0.29, 0.717) is 23.2 Å². The molecule has 0 fully saturated rings. The summed E-state index contributed by atoms with van der Waals surface area (Å²) in [5.41, 5.74) is 0. The van der Waals surface area contributed by atoms with Crippen LogP contribution in [0.15, 0.2) is 18.2 Å². The SMILES string of the molecule is CNc1nc(OC)nc(Oc2c(OC)cccc2OC)n1. The van der Waals surface area contributed by atoms with Crippen molar-refractivity contribution in [3.8, 4) is 29.3 Å². The van der Waals surface area contributed by atoms with Crippen LogP contribution in [0.3, 0.4) is 0 Å². The molecular weight excluding hydrogens is 276 g/mol. The van der Waals surface area contributed by atoms with Gasteiger partial charge in [-0.1, -0.05) is 6.07 Å². The molecule has 1 N–H and O–H groups in total. The molecule has 1 aromatic carbocycles. The first-order chi connectivity index (χ1) is 10.2. The summed E-state index contributed by atoms with van der Waals surface area (Å²) in [6.45, 7) is 0. The maximum atomic E-state index is 5.68. The summed E-state index contributed by atoms with van der Waals surface area (Å²) in [7, 11) is 6.22. The van der Waals surface area contributed by atoms with Crippen molar-refractivity contribution in [3.05, 3.63) is 18.2 Å². The molecule has 0 aliphatic heterocycles. The van der Waals surface area contributed by atoms with Crippen LogP contribution >= 0.6 is 0 Å². The highest BCUT2D eigenvalue weighted by atomic mass is 16.5. The maximum absolute atomic E-state index is 5.68. The zero-order valence-corrected chi connectivity index (χ0v) is 12.2. The minimum absolute atomic E-state index is 0.0639. The van der Waals surface area contributed by atoms with Gasteiger partial charge in [0.1, 0.15) is 0 Å². The molecule has 0 aliphatic rings. The van der Waals surface area contributed by atoms with E-state index < -0.39 is 0 Å². The van der Waals surface area contributed by atoms with Crippen LogP contribution in [0.2, 0.25) is 0 Å². The Balaban J connectivity index is 2.42. The van der Waals surface area contributed by atoms with Crippen LogP contribution in [0.5, 0.6) is 29.3 Å². The Morgan fingerprint density at radius 2 is 1.48 bits per heavy atom. The lowest BCUT2D eigenvalue weighted by atomic mass is 10.3. The fourth-order valence-electron chi connectivity index (χ4n) is 1.60. The summed E-state index contributed by atoms with van der Waals surface area (Å²) in [4.78, 5) is 12.1. The van der Waals surface area contributed by atoms with Crippen molar-refractivity contribution in [3.63, 3.8) is 0 Å². The van der Waals surface area contributed by atoms with Crippen molar-refractivity contribution in [1.29, 1.82) is 0 Å². The van der Waals surface area contributed by atoms with Crippen molar-refractivity contribution in [2.24, 2.45) is 0 Å². The summed E-state index contributed by atoms with van der Waals surface area (Å²) < 4.78 is 21.2. The Morgan fingerprint density at radius 3 is 2.00 bits per heavy atom. The molecular formula is C13H16N4O4. The standard InChI is InChI=1S/C13H16N4O4/c1-14-11-15-12(20-4)17-13(16-11)21-10-8(18-2)6-5-7-9(10)19-3/h5-7H,1-4H3,(H,14,15,16,17). The quantitative estimate of drug-likeness (QED) is 0.861. The van der Waals surface area contributed by atoms with Crippen LogP contribution < -0.4 is 24.3 Å². The molecule has 1 aromatic heterocycles. The van der Waals surface area contributed by atoms with Gasteiger partial charge in [0.25, 0.3) is 0 Å². The summed E-state index contributed by atoms with van der Waals surface area (Å²) in [5.74, 6) is 1.70. The molecule has 0 amide bonds. The average molecular weight is 292 g/mol. The second kappa shape index (κ2) is 6.60. The van der Waals surface area contributed by atoms with Crippen LogP contribution in [-0.4, -0.2) is 43.3 Å². The molecule has 0 spiro atoms. The number of benzene rings is 1. The predicted molar refractivity (Wildman–Crippen MR) is 75.5 cm³/mol. The van der Waals surface area contributed by atoms with Crippen molar-refractivity contribution >= 4 is 5.95 Å². The lowest BCUT2D eigenvalue weighted by Gasteiger charge is -2.13. The Labute approximate surface area is 122 Å². The maximum Gasteiger partial charge on any atom is 0.330 e. The molecule has 0 saturated heterocycles. The van der Waals surface area contributed by atoms with Gasteiger partial charge in [0.05, 0.1) is 21.3 Å². The number of rotatable bonds is 6. The lowest BCUT2D eigenvalue weighted by Crippen LogP contribution is -2.04. The molecule has 0 unspecified atom stereocenters. The van der Waals surface area contributed by atoms with Crippen LogP contribution in [0.25, 0.3) is 0 Å². The third-order valence-corrected chi connectivity index (χ3v) is 2.58. The van der Waals surface area contributed by atoms with Crippen LogP contribution in [0.4, 0.5) is 5.95 Å². The van der Waals surface area contributed by atoms with Gasteiger partial charge in [-0.15, -0.1) is 4.98 Å². The summed E-state index contributed by atoms with van der Waals surface area (Å²) in [6, 6.07) is 5.48. The topological polar surface area (TPSA) is 87.6 Å². The monoisotopic (exact) mass is 292 g/mol. The number of para-hydroxylation sites is 1. The molecule has 1 heterocycles. The van der Waals surface area contributed by atoms with E-state index in [2.05, 4.69) is 20.3 Å². The summed E-state index contributed by atoms with van der Waals surface area (Å²) in [6.07, 6.45) is 0. The number of nitrogens with one attached hydrogen (secondary N) is 1. The van der Waals surface area contributed by atoms with Gasteiger partial charge in [-0.05, 0) is 12.1 Å². The average Bonchev–Trinajstić information content (AvgIpc) is 2.54. The molecule has 0 radical (unpaired) electrons. The minimum atomic E-state index is 0.0639. The fraction of sp³-hybridized carbons (Fsp3) is 0.308. The summed E-state index contributed by atoms with van der Waals surface area (Å²) in [5, 5.41) is 2.80. The van der Waals surface area contributed by atoms with Gasteiger partial charge in [0.2, 0.25) is 11.7 Å². The number of nitrogens with zero attached hydrogens (tertiary/aromatic N) is 3. The molecule has 112 valence electrons. The van der Waals surface area contributed by atoms with Gasteiger partial charge in [-0.2, -0.15) is 9.97 Å². The smallest absolute Gasteiger partial charge is 0.330 e. The third kappa shape index (κ3) is 3.22. The van der Waals surface area contributed by atoms with Crippen molar-refractivity contribution in [2.75, 3.05) is 33.7 Å². The molecule has 8 heteroatoms. The van der Waals surface area contributed by atoms with Crippen molar-refractivity contribution in [1.82, 2.24) is 15.0 Å². The Morgan fingerprint density at radius 1 is 0.857 bits per heavy atom. The predicted octanol–water partition coefficient (Wildman–Crippen LogP) is 1.73. The molecule has 0 saturated carbocycles. The Hall–Kier alpha value is -2.77. The first-order valence-corrected chi connectivity index (χ1v) is 6.08. The van der Waals surface area contributed by atoms with E-state index in [1.54, 1.807) is 25.2 Å². The normalized spacial score (nSPS) is 9.90. The van der Waals surface area contributed by atoms with Gasteiger partial charge < -0.3 is 24.3 Å². The van der Waals surface area contributed by atoms with Crippen LogP contribution in [0, 0.1) is 0 Å². The molecule has 21 heavy (non-hydrogen) atoms. The molecule has 2 aromatic rings. The highest BCUT2D eigenvalue weighted by Crippen LogP contribution is 2.39. The van der Waals surface area contributed by atoms with Gasteiger partial charge in [-0.3, -0.25) is 0 Å². The molecule has 8 nitrogen and oxygen atoms in total. The van der Waals surface area contributed by atoms with Gasteiger partial charge in [0.15, 0.2) is 11.5 Å². The van der Waals surface area contributed by atoms with Gasteiger partial charge in [0, 0.05) is 7.05 Å². The second-order valence-corrected chi connectivity index (χ2v) is 3.77. The van der Waals surface area contributed by atoms with E-state index in [1.807, 2.05) is 0 Å². The number of ether oxygens (including phenoxy) is 4. The van der Waals surface area contributed by atoms with Crippen LogP contribution in [-0.2, 0) is 0 Å². The van der Waals surface area contributed by atoms with E-state index in [-0.39, 0.29) is 12.0 Å². The molecule has 0 aliphatic carbocycles. The highest BCUT2D eigenvalue weighted by molar-refractivity contribution is 5.52. The van der Waals surface area contributed by atoms with E-state index in [9.17, 15) is 0 Å². The van der Waals surface area contributed by atoms with E-state index in [4.69, 9.17) is 18.9 Å². The van der Waals surface area contributed by atoms with Gasteiger partial charge >= 0.3 is 12.0 Å². The number of anilines is 1. The van der Waals surface area contributed by atoms with Crippen molar-refractivity contribution < 1.29 is 18.9 Å². The molecule has 2 rings (SSSR count). The van der Waals surface area contributed by atoms with E-state index >= 15 is 0 Å². The molecule has 0 atom stereocenters. The first-order valence-electron chi connectivity index (χ1n) is 6.08. The minimum Gasteiger partial charge on any atom is -0.493 e. The molecule has 0 bridgehead atoms. The van der Waals surface area contributed by atoms with E-state index in [0.717, 1.165) is 0 Å². The van der Waals surface area contributed by atoms with Gasteiger partial charge in [-0.25, -0.2) is 0 Å². The number of hydrogen-bond donors (Lipinski definition) is 1. The second-order valence-electron chi connectivity index (χ2n) is 3.77. The van der Waals surface area contributed by atoms with E-state index in [1.165, 1.54) is 21.3 Å². The first kappa shape index (κ1) is 14.6.